The predicted octanol–water partition coefficient (Wildman–Crippen LogP) is 2.76. The molecule has 0 aliphatic rings. The Morgan fingerprint density at radius 2 is 1.85 bits per heavy atom. The van der Waals surface area contributed by atoms with Crippen LogP contribution in [0.25, 0.3) is 0 Å². The SMILES string of the molecule is COC(=O)C[C@@H](O)[C@@H](Cc1ccc(Cl)c(Cl)c1)NCC(=O)OC(C)(C)C. The van der Waals surface area contributed by atoms with Gasteiger partial charge in [-0.15, -0.1) is 0 Å². The van der Waals surface area contributed by atoms with E-state index in [9.17, 15) is 14.7 Å². The van der Waals surface area contributed by atoms with Gasteiger partial charge in [-0.05, 0) is 44.9 Å². The lowest BCUT2D eigenvalue weighted by atomic mass is 9.99. The number of hydrogen-bond donors (Lipinski definition) is 2. The summed E-state index contributed by atoms with van der Waals surface area (Å²) < 4.78 is 9.83. The molecule has 0 aliphatic heterocycles. The summed E-state index contributed by atoms with van der Waals surface area (Å²) in [7, 11) is 1.25. The molecule has 6 nitrogen and oxygen atoms in total. The number of benzene rings is 1. The number of aliphatic hydroxyl groups is 1. The Morgan fingerprint density at radius 1 is 1.19 bits per heavy atom. The summed E-state index contributed by atoms with van der Waals surface area (Å²) in [4.78, 5) is 23.4. The van der Waals surface area contributed by atoms with Crippen molar-refractivity contribution in [3.05, 3.63) is 33.8 Å². The Balaban J connectivity index is 2.82. The smallest absolute Gasteiger partial charge is 0.320 e. The molecule has 2 atom stereocenters. The van der Waals surface area contributed by atoms with E-state index < -0.39 is 29.7 Å². The number of nitrogens with one attached hydrogen (secondary N) is 1. The lowest BCUT2D eigenvalue weighted by Crippen LogP contribution is -2.45. The number of methoxy groups -OCH3 is 1. The molecule has 0 unspecified atom stereocenters. The maximum Gasteiger partial charge on any atom is 0.320 e. The second kappa shape index (κ2) is 10.1. The monoisotopic (exact) mass is 405 g/mol. The summed E-state index contributed by atoms with van der Waals surface area (Å²) in [5.41, 5.74) is 0.188. The molecule has 0 saturated carbocycles. The van der Waals surface area contributed by atoms with E-state index in [-0.39, 0.29) is 13.0 Å². The van der Waals surface area contributed by atoms with Crippen LogP contribution in [0.4, 0.5) is 0 Å². The Bertz CT molecular complexity index is 630. The van der Waals surface area contributed by atoms with Crippen LogP contribution >= 0.6 is 23.2 Å². The number of ether oxygens (including phenoxy) is 2. The first-order valence-electron chi connectivity index (χ1n) is 8.16. The summed E-state index contributed by atoms with van der Waals surface area (Å²) in [5.74, 6) is -1.00. The van der Waals surface area contributed by atoms with Gasteiger partial charge in [0, 0.05) is 6.04 Å². The second-order valence-corrected chi connectivity index (χ2v) is 7.69. The van der Waals surface area contributed by atoms with Crippen LogP contribution in [0.15, 0.2) is 18.2 Å². The summed E-state index contributed by atoms with van der Waals surface area (Å²) in [6.45, 7) is 5.19. The van der Waals surface area contributed by atoms with Gasteiger partial charge in [0.2, 0.25) is 0 Å². The molecule has 0 spiro atoms. The molecular weight excluding hydrogens is 381 g/mol. The lowest BCUT2D eigenvalue weighted by molar-refractivity contribution is -0.153. The molecule has 0 fully saturated rings. The fraction of sp³-hybridized carbons (Fsp3) is 0.556. The van der Waals surface area contributed by atoms with E-state index in [1.165, 1.54) is 7.11 Å². The van der Waals surface area contributed by atoms with E-state index in [1.54, 1.807) is 39.0 Å². The van der Waals surface area contributed by atoms with Gasteiger partial charge in [-0.25, -0.2) is 0 Å². The number of halogens is 2. The molecule has 146 valence electrons. The zero-order chi connectivity index (χ0) is 19.9. The summed E-state index contributed by atoms with van der Waals surface area (Å²) in [6.07, 6.45) is -0.930. The van der Waals surface area contributed by atoms with Crippen molar-refractivity contribution in [2.75, 3.05) is 13.7 Å². The highest BCUT2D eigenvalue weighted by molar-refractivity contribution is 6.42. The van der Waals surface area contributed by atoms with E-state index in [4.69, 9.17) is 27.9 Å². The molecule has 2 N–H and O–H groups in total. The van der Waals surface area contributed by atoms with Crippen molar-refractivity contribution >= 4 is 35.1 Å². The molecule has 26 heavy (non-hydrogen) atoms. The van der Waals surface area contributed by atoms with Gasteiger partial charge in [-0.1, -0.05) is 29.3 Å². The molecule has 8 heteroatoms. The number of aliphatic hydroxyl groups excluding tert-OH is 1. The van der Waals surface area contributed by atoms with Crippen molar-refractivity contribution in [1.82, 2.24) is 5.32 Å². The number of rotatable bonds is 8. The van der Waals surface area contributed by atoms with E-state index in [0.717, 1.165) is 5.56 Å². The van der Waals surface area contributed by atoms with Crippen molar-refractivity contribution < 1.29 is 24.2 Å². The Kier molecular flexibility index (Phi) is 8.83. The first-order chi connectivity index (χ1) is 12.0. The van der Waals surface area contributed by atoms with Crippen LogP contribution in [0.1, 0.15) is 32.8 Å². The van der Waals surface area contributed by atoms with Gasteiger partial charge in [-0.2, -0.15) is 0 Å². The molecule has 1 rings (SSSR count). The Hall–Kier alpha value is -1.34. The molecule has 0 amide bonds. The van der Waals surface area contributed by atoms with Gasteiger partial charge in [0.1, 0.15) is 5.60 Å². The first kappa shape index (κ1) is 22.7. The number of carbonyl (C=O) groups is 2. The molecule has 0 saturated heterocycles. The van der Waals surface area contributed by atoms with E-state index in [2.05, 4.69) is 10.1 Å². The quantitative estimate of drug-likeness (QED) is 0.646. The third-order valence-corrected chi connectivity index (χ3v) is 4.18. The van der Waals surface area contributed by atoms with Crippen LogP contribution in [0, 0.1) is 0 Å². The van der Waals surface area contributed by atoms with Gasteiger partial charge in [-0.3, -0.25) is 9.59 Å². The van der Waals surface area contributed by atoms with Gasteiger partial charge in [0.25, 0.3) is 0 Å². The van der Waals surface area contributed by atoms with Crippen LogP contribution in [-0.2, 0) is 25.5 Å². The molecular formula is C18H25Cl2NO5. The minimum Gasteiger partial charge on any atom is -0.469 e. The average Bonchev–Trinajstić information content (AvgIpc) is 2.52. The van der Waals surface area contributed by atoms with Crippen LogP contribution in [0.3, 0.4) is 0 Å². The zero-order valence-corrected chi connectivity index (χ0v) is 16.9. The van der Waals surface area contributed by atoms with Crippen molar-refractivity contribution in [2.24, 2.45) is 0 Å². The molecule has 0 heterocycles. The molecule has 0 bridgehead atoms. The third-order valence-electron chi connectivity index (χ3n) is 3.44. The van der Waals surface area contributed by atoms with Crippen LogP contribution in [0.5, 0.6) is 0 Å². The molecule has 0 radical (unpaired) electrons. The number of carbonyl (C=O) groups excluding carboxylic acids is 2. The standard InChI is InChI=1S/C18H25Cl2NO5/c1-18(2,3)26-17(24)10-21-14(15(22)9-16(23)25-4)8-11-5-6-12(19)13(20)7-11/h5-7,14-15,21-22H,8-10H2,1-4H3/t14-,15-/m1/s1. The van der Waals surface area contributed by atoms with E-state index in [0.29, 0.717) is 16.5 Å². The average molecular weight is 406 g/mol. The van der Waals surface area contributed by atoms with Gasteiger partial charge >= 0.3 is 11.9 Å². The van der Waals surface area contributed by atoms with Crippen molar-refractivity contribution in [3.8, 4) is 0 Å². The van der Waals surface area contributed by atoms with E-state index >= 15 is 0 Å². The fourth-order valence-electron chi connectivity index (χ4n) is 2.25. The molecule has 1 aromatic carbocycles. The van der Waals surface area contributed by atoms with Crippen LogP contribution in [-0.4, -0.2) is 48.4 Å². The highest BCUT2D eigenvalue weighted by Crippen LogP contribution is 2.23. The van der Waals surface area contributed by atoms with Crippen LogP contribution < -0.4 is 5.32 Å². The van der Waals surface area contributed by atoms with Crippen molar-refractivity contribution in [3.63, 3.8) is 0 Å². The summed E-state index contributed by atoms with van der Waals surface area (Å²) in [5, 5.41) is 14.1. The first-order valence-corrected chi connectivity index (χ1v) is 8.91. The molecule has 0 aromatic heterocycles. The van der Waals surface area contributed by atoms with E-state index in [1.807, 2.05) is 0 Å². The second-order valence-electron chi connectivity index (χ2n) is 6.87. The summed E-state index contributed by atoms with van der Waals surface area (Å²) in [6, 6.07) is 4.51. The van der Waals surface area contributed by atoms with Gasteiger partial charge in [0.05, 0.1) is 36.2 Å². The zero-order valence-electron chi connectivity index (χ0n) is 15.3. The van der Waals surface area contributed by atoms with Crippen molar-refractivity contribution in [2.45, 2.75) is 51.4 Å². The fourth-order valence-corrected chi connectivity index (χ4v) is 2.57. The topological polar surface area (TPSA) is 84.9 Å². The maximum absolute atomic E-state index is 11.9. The maximum atomic E-state index is 11.9. The highest BCUT2D eigenvalue weighted by atomic mass is 35.5. The lowest BCUT2D eigenvalue weighted by Gasteiger charge is -2.25. The minimum absolute atomic E-state index is 0.110. The van der Waals surface area contributed by atoms with Gasteiger partial charge in [0.15, 0.2) is 0 Å². The highest BCUT2D eigenvalue weighted by Gasteiger charge is 2.25. The minimum atomic E-state index is -1.06. The van der Waals surface area contributed by atoms with Crippen molar-refractivity contribution in [1.29, 1.82) is 0 Å². The normalized spacial score (nSPS) is 13.8. The Labute approximate surface area is 163 Å². The largest absolute Gasteiger partial charge is 0.469 e. The number of hydrogen-bond acceptors (Lipinski definition) is 6. The van der Waals surface area contributed by atoms with Crippen LogP contribution in [0.2, 0.25) is 10.0 Å². The molecule has 0 aliphatic carbocycles. The predicted molar refractivity (Wildman–Crippen MR) is 100 cm³/mol. The summed E-state index contributed by atoms with van der Waals surface area (Å²) >= 11 is 11.9. The number of esters is 2. The Morgan fingerprint density at radius 3 is 2.38 bits per heavy atom. The molecule has 1 aromatic rings. The van der Waals surface area contributed by atoms with Gasteiger partial charge < -0.3 is 19.9 Å². The third kappa shape index (κ3) is 8.36.